The summed E-state index contributed by atoms with van der Waals surface area (Å²) >= 11 is 3.44. The number of nitrogens with zero attached hydrogens (tertiary/aromatic N) is 2. The molecule has 0 aliphatic heterocycles. The number of rotatable bonds is 14. The van der Waals surface area contributed by atoms with Crippen LogP contribution in [-0.2, 0) is 32.6 Å². The molecule has 0 aromatic heterocycles. The third-order valence-electron chi connectivity index (χ3n) is 7.43. The molecule has 0 fully saturated rings. The highest BCUT2D eigenvalue weighted by atomic mass is 79.9. The smallest absolute Gasteiger partial charge is 0.264 e. The molecule has 8 nitrogen and oxygen atoms in total. The van der Waals surface area contributed by atoms with Gasteiger partial charge in [-0.25, -0.2) is 8.42 Å². The Hall–Kier alpha value is -4.15. The van der Waals surface area contributed by atoms with Gasteiger partial charge in [-0.15, -0.1) is 0 Å². The Bertz CT molecular complexity index is 1730. The molecule has 242 valence electrons. The largest absolute Gasteiger partial charge is 0.497 e. The fourth-order valence-corrected chi connectivity index (χ4v) is 6.73. The second-order valence-corrected chi connectivity index (χ2v) is 14.3. The second kappa shape index (κ2) is 15.9. The quantitative estimate of drug-likeness (QED) is 0.164. The van der Waals surface area contributed by atoms with Gasteiger partial charge in [0.2, 0.25) is 11.8 Å². The molecule has 0 saturated carbocycles. The Labute approximate surface area is 280 Å². The number of nitrogens with one attached hydrogen (secondary N) is 1. The van der Waals surface area contributed by atoms with Crippen LogP contribution in [0.4, 0.5) is 5.69 Å². The molecule has 46 heavy (non-hydrogen) atoms. The normalized spacial score (nSPS) is 12.0. The van der Waals surface area contributed by atoms with Gasteiger partial charge in [0.25, 0.3) is 10.0 Å². The second-order valence-electron chi connectivity index (χ2n) is 11.5. The minimum absolute atomic E-state index is 0.0551. The number of carbonyl (C=O) groups is 2. The van der Waals surface area contributed by atoms with E-state index >= 15 is 0 Å². The molecule has 1 N–H and O–H groups in total. The van der Waals surface area contributed by atoms with Gasteiger partial charge in [0.15, 0.2) is 0 Å². The summed E-state index contributed by atoms with van der Waals surface area (Å²) in [6.45, 7) is 5.82. The van der Waals surface area contributed by atoms with E-state index in [2.05, 4.69) is 21.2 Å². The van der Waals surface area contributed by atoms with E-state index in [0.29, 0.717) is 22.5 Å². The summed E-state index contributed by atoms with van der Waals surface area (Å²) < 4.78 is 35.5. The molecule has 0 bridgehead atoms. The summed E-state index contributed by atoms with van der Waals surface area (Å²) in [6, 6.07) is 29.1. The van der Waals surface area contributed by atoms with E-state index in [1.54, 1.807) is 55.6 Å². The Morgan fingerprint density at radius 3 is 2.20 bits per heavy atom. The van der Waals surface area contributed by atoms with Crippen LogP contribution in [-0.4, -0.2) is 51.4 Å². The van der Waals surface area contributed by atoms with E-state index < -0.39 is 28.5 Å². The molecule has 0 aliphatic carbocycles. The molecule has 1 atom stereocenters. The predicted molar refractivity (Wildman–Crippen MR) is 185 cm³/mol. The first-order valence-electron chi connectivity index (χ1n) is 15.1. The first kappa shape index (κ1) is 34.7. The number of anilines is 1. The topological polar surface area (TPSA) is 96.0 Å². The number of hydrogen-bond donors (Lipinski definition) is 1. The van der Waals surface area contributed by atoms with Gasteiger partial charge in [0.1, 0.15) is 18.3 Å². The highest BCUT2D eigenvalue weighted by molar-refractivity contribution is 9.10. The molecule has 0 aliphatic rings. The van der Waals surface area contributed by atoms with Crippen molar-refractivity contribution < 1.29 is 22.7 Å². The van der Waals surface area contributed by atoms with Gasteiger partial charge < -0.3 is 15.0 Å². The van der Waals surface area contributed by atoms with Crippen LogP contribution in [0.2, 0.25) is 0 Å². The number of halogens is 1. The van der Waals surface area contributed by atoms with Crippen molar-refractivity contribution in [2.45, 2.75) is 44.7 Å². The minimum Gasteiger partial charge on any atom is -0.497 e. The average molecular weight is 707 g/mol. The third-order valence-corrected chi connectivity index (χ3v) is 9.71. The van der Waals surface area contributed by atoms with E-state index in [4.69, 9.17) is 4.74 Å². The molecular weight excluding hydrogens is 666 g/mol. The van der Waals surface area contributed by atoms with Crippen molar-refractivity contribution in [2.75, 3.05) is 24.5 Å². The zero-order valence-electron chi connectivity index (χ0n) is 26.5. The molecule has 0 radical (unpaired) electrons. The van der Waals surface area contributed by atoms with Crippen molar-refractivity contribution in [3.8, 4) is 5.75 Å². The predicted octanol–water partition coefficient (Wildman–Crippen LogP) is 6.37. The number of sulfonamides is 1. The highest BCUT2D eigenvalue weighted by Gasteiger charge is 2.34. The zero-order chi connectivity index (χ0) is 33.3. The SMILES string of the molecule is COc1cccc(CN(C(=O)CN(c2cccc(Br)c2)S(=O)(=O)c2ccc(C)cc2)[C@@H](Cc2ccccc2)C(=O)NCC(C)C)c1. The maximum absolute atomic E-state index is 14.6. The summed E-state index contributed by atoms with van der Waals surface area (Å²) in [5, 5.41) is 3.00. The summed E-state index contributed by atoms with van der Waals surface area (Å²) in [7, 11) is -2.62. The number of carbonyl (C=O) groups excluding carboxylic acids is 2. The fourth-order valence-electron chi connectivity index (χ4n) is 4.94. The Morgan fingerprint density at radius 2 is 1.54 bits per heavy atom. The summed E-state index contributed by atoms with van der Waals surface area (Å²) in [6.07, 6.45) is 0.238. The summed E-state index contributed by atoms with van der Waals surface area (Å²) in [5.41, 5.74) is 2.82. The van der Waals surface area contributed by atoms with Crippen LogP contribution in [0, 0.1) is 12.8 Å². The maximum Gasteiger partial charge on any atom is 0.264 e. The molecule has 0 spiro atoms. The zero-order valence-corrected chi connectivity index (χ0v) is 28.9. The lowest BCUT2D eigenvalue weighted by atomic mass is 10.0. The first-order chi connectivity index (χ1) is 22.0. The number of aryl methyl sites for hydroxylation is 1. The lowest BCUT2D eigenvalue weighted by Crippen LogP contribution is -2.53. The number of amides is 2. The lowest BCUT2D eigenvalue weighted by molar-refractivity contribution is -0.140. The minimum atomic E-state index is -4.18. The van der Waals surface area contributed by atoms with Crippen LogP contribution >= 0.6 is 15.9 Å². The molecule has 4 rings (SSSR count). The van der Waals surface area contributed by atoms with Crippen molar-refractivity contribution >= 4 is 43.5 Å². The van der Waals surface area contributed by atoms with Crippen molar-refractivity contribution in [1.29, 1.82) is 0 Å². The molecule has 0 unspecified atom stereocenters. The number of methoxy groups -OCH3 is 1. The monoisotopic (exact) mass is 705 g/mol. The van der Waals surface area contributed by atoms with E-state index in [0.717, 1.165) is 21.0 Å². The first-order valence-corrected chi connectivity index (χ1v) is 17.3. The van der Waals surface area contributed by atoms with Gasteiger partial charge in [0, 0.05) is 24.0 Å². The van der Waals surface area contributed by atoms with E-state index in [-0.39, 0.29) is 29.7 Å². The van der Waals surface area contributed by atoms with Crippen molar-refractivity contribution in [2.24, 2.45) is 5.92 Å². The van der Waals surface area contributed by atoms with Gasteiger partial charge in [-0.05, 0) is 66.4 Å². The highest BCUT2D eigenvalue weighted by Crippen LogP contribution is 2.28. The van der Waals surface area contributed by atoms with Gasteiger partial charge in [0.05, 0.1) is 17.7 Å². The number of benzene rings is 4. The number of ether oxygens (including phenoxy) is 1. The van der Waals surface area contributed by atoms with Crippen molar-refractivity contribution in [3.63, 3.8) is 0 Å². The lowest BCUT2D eigenvalue weighted by Gasteiger charge is -2.34. The Kier molecular flexibility index (Phi) is 12.0. The summed E-state index contributed by atoms with van der Waals surface area (Å²) in [4.78, 5) is 30.0. The van der Waals surface area contributed by atoms with E-state index in [1.807, 2.05) is 63.2 Å². The summed E-state index contributed by atoms with van der Waals surface area (Å²) in [5.74, 6) is -0.0506. The molecule has 0 saturated heterocycles. The van der Waals surface area contributed by atoms with E-state index in [1.165, 1.54) is 17.0 Å². The molecular formula is C36H40BrN3O5S. The van der Waals surface area contributed by atoms with Crippen LogP contribution in [0.3, 0.4) is 0 Å². The van der Waals surface area contributed by atoms with Crippen LogP contribution in [0.25, 0.3) is 0 Å². The van der Waals surface area contributed by atoms with Gasteiger partial charge in [-0.2, -0.15) is 0 Å². The molecule has 0 heterocycles. The Balaban J connectivity index is 1.81. The van der Waals surface area contributed by atoms with Crippen molar-refractivity contribution in [1.82, 2.24) is 10.2 Å². The van der Waals surface area contributed by atoms with Gasteiger partial charge in [-0.1, -0.05) is 96.0 Å². The van der Waals surface area contributed by atoms with Gasteiger partial charge >= 0.3 is 0 Å². The van der Waals surface area contributed by atoms with Crippen LogP contribution in [0.1, 0.15) is 30.5 Å². The molecule has 4 aromatic rings. The molecule has 2 amide bonds. The molecule has 10 heteroatoms. The Morgan fingerprint density at radius 1 is 0.870 bits per heavy atom. The van der Waals surface area contributed by atoms with Crippen molar-refractivity contribution in [3.05, 3.63) is 124 Å². The third kappa shape index (κ3) is 9.20. The number of hydrogen-bond acceptors (Lipinski definition) is 5. The standard InChI is InChI=1S/C36H40BrN3O5S/c1-26(2)23-38-36(42)34(21-28-10-6-5-7-11-28)39(24-29-12-8-15-32(20-29)45-4)35(41)25-40(31-14-9-13-30(37)22-31)46(43,44)33-18-16-27(3)17-19-33/h5-20,22,26,34H,21,23-25H2,1-4H3,(H,38,42)/t34-/m0/s1. The fraction of sp³-hybridized carbons (Fsp3) is 0.278. The van der Waals surface area contributed by atoms with Gasteiger partial charge in [-0.3, -0.25) is 13.9 Å². The molecule has 4 aromatic carbocycles. The maximum atomic E-state index is 14.6. The van der Waals surface area contributed by atoms with E-state index in [9.17, 15) is 18.0 Å². The van der Waals surface area contributed by atoms with Crippen LogP contribution in [0.15, 0.2) is 112 Å². The van der Waals surface area contributed by atoms with Crippen LogP contribution in [0.5, 0.6) is 5.75 Å². The average Bonchev–Trinajstić information content (AvgIpc) is 3.04. The van der Waals surface area contributed by atoms with Crippen LogP contribution < -0.4 is 14.4 Å².